The van der Waals surface area contributed by atoms with Crippen molar-refractivity contribution in [2.75, 3.05) is 5.75 Å². The van der Waals surface area contributed by atoms with E-state index in [1.807, 2.05) is 13.8 Å². The minimum atomic E-state index is -0.173. The Balaban J connectivity index is 2.28. The molecule has 0 aliphatic rings. The van der Waals surface area contributed by atoms with Crippen LogP contribution in [0.2, 0.25) is 0 Å². The van der Waals surface area contributed by atoms with Crippen LogP contribution in [0.3, 0.4) is 0 Å². The Morgan fingerprint density at radius 3 is 3.04 bits per heavy atom. The van der Waals surface area contributed by atoms with Crippen LogP contribution in [0.25, 0.3) is 11.0 Å². The molecule has 0 radical (unpaired) electrons. The van der Waals surface area contributed by atoms with Crippen LogP contribution in [-0.2, 0) is 11.3 Å². The number of carbonyl (C=O) groups is 1. The van der Waals surface area contributed by atoms with Crippen LogP contribution in [-0.4, -0.2) is 32.2 Å². The number of hydrogen-bond acceptors (Lipinski definition) is 5. The minimum absolute atomic E-state index is 0.0788. The van der Waals surface area contributed by atoms with Gasteiger partial charge < -0.3 is 5.32 Å². The Morgan fingerprint density at radius 1 is 1.57 bits per heavy atom. The normalized spacial score (nSPS) is 12.1. The Kier molecular flexibility index (Phi) is 5.92. The number of nitrogens with one attached hydrogen (secondary N) is 1. The van der Waals surface area contributed by atoms with Crippen molar-refractivity contribution in [2.24, 2.45) is 0 Å². The minimum Gasteiger partial charge on any atom is -0.353 e. The molecule has 0 spiro atoms. The van der Waals surface area contributed by atoms with Gasteiger partial charge in [-0.3, -0.25) is 14.2 Å². The molecule has 2 rings (SSSR count). The van der Waals surface area contributed by atoms with Gasteiger partial charge in [0.1, 0.15) is 0 Å². The molecule has 1 N–H and O–H groups in total. The maximum Gasteiger partial charge on any atom is 0.263 e. The number of allylic oxidation sites excluding steroid dienone is 1. The van der Waals surface area contributed by atoms with E-state index in [1.54, 1.807) is 24.4 Å². The molecule has 122 valence electrons. The molecule has 1 atom stereocenters. The molecule has 7 heteroatoms. The molecule has 0 aliphatic carbocycles. The second kappa shape index (κ2) is 7.92. The zero-order valence-corrected chi connectivity index (χ0v) is 14.1. The van der Waals surface area contributed by atoms with E-state index >= 15 is 0 Å². The van der Waals surface area contributed by atoms with E-state index in [2.05, 4.69) is 21.9 Å². The van der Waals surface area contributed by atoms with Crippen LogP contribution in [0, 0.1) is 0 Å². The number of nitrogens with zero attached hydrogens (tertiary/aromatic N) is 3. The van der Waals surface area contributed by atoms with Crippen LogP contribution in [0.5, 0.6) is 0 Å². The number of amides is 1. The second-order valence-electron chi connectivity index (χ2n) is 5.14. The summed E-state index contributed by atoms with van der Waals surface area (Å²) in [6, 6.07) is 3.53. The molecule has 2 heterocycles. The summed E-state index contributed by atoms with van der Waals surface area (Å²) in [5, 5.41) is 3.83. The predicted molar refractivity (Wildman–Crippen MR) is 92.6 cm³/mol. The van der Waals surface area contributed by atoms with Gasteiger partial charge in [0.25, 0.3) is 5.56 Å². The first-order valence-electron chi connectivity index (χ1n) is 7.45. The molecule has 23 heavy (non-hydrogen) atoms. The molecule has 0 bridgehead atoms. The average Bonchev–Trinajstić information content (AvgIpc) is 2.55. The van der Waals surface area contributed by atoms with E-state index in [0.717, 1.165) is 6.42 Å². The van der Waals surface area contributed by atoms with E-state index in [-0.39, 0.29) is 23.3 Å². The summed E-state index contributed by atoms with van der Waals surface area (Å²) in [6.07, 6.45) is 4.10. The number of carbonyl (C=O) groups excluding carboxylic acids is 1. The fourth-order valence-corrected chi connectivity index (χ4v) is 2.79. The van der Waals surface area contributed by atoms with Crippen LogP contribution >= 0.6 is 11.8 Å². The Morgan fingerprint density at radius 2 is 2.35 bits per heavy atom. The van der Waals surface area contributed by atoms with Gasteiger partial charge in [0, 0.05) is 18.8 Å². The zero-order valence-electron chi connectivity index (χ0n) is 13.3. The maximum absolute atomic E-state index is 12.5. The van der Waals surface area contributed by atoms with E-state index in [1.165, 1.54) is 16.3 Å². The number of rotatable bonds is 7. The summed E-state index contributed by atoms with van der Waals surface area (Å²) in [5.41, 5.74) is 0.218. The van der Waals surface area contributed by atoms with Crippen LogP contribution < -0.4 is 10.9 Å². The standard InChI is InChI=1S/C16H20N4O2S/c1-4-9-20-15(22)12-7-6-8-17-14(12)19-16(20)23-10-13(21)18-11(3)5-2/h4,6-8,11H,1,5,9-10H2,2-3H3,(H,18,21)/t11-/m0/s1. The van der Waals surface area contributed by atoms with Gasteiger partial charge in [-0.2, -0.15) is 0 Å². The van der Waals surface area contributed by atoms with Crippen molar-refractivity contribution in [2.45, 2.75) is 38.0 Å². The number of pyridine rings is 1. The van der Waals surface area contributed by atoms with Gasteiger partial charge in [0.2, 0.25) is 5.91 Å². The lowest BCUT2D eigenvalue weighted by Crippen LogP contribution is -2.33. The SMILES string of the molecule is C=CCn1c(SCC(=O)N[C@@H](C)CC)nc2ncccc2c1=O. The van der Waals surface area contributed by atoms with Crippen molar-refractivity contribution in [3.05, 3.63) is 41.3 Å². The molecular weight excluding hydrogens is 312 g/mol. The Bertz CT molecular complexity index is 772. The summed E-state index contributed by atoms with van der Waals surface area (Å²) in [5.74, 6) is 0.122. The number of aromatic nitrogens is 3. The average molecular weight is 332 g/mol. The fraction of sp³-hybridized carbons (Fsp3) is 0.375. The molecule has 0 aliphatic heterocycles. The van der Waals surface area contributed by atoms with Gasteiger partial charge in [-0.25, -0.2) is 9.97 Å². The molecule has 0 aromatic carbocycles. The molecule has 2 aromatic rings. The van der Waals surface area contributed by atoms with Crippen molar-refractivity contribution in [3.8, 4) is 0 Å². The van der Waals surface area contributed by atoms with E-state index in [0.29, 0.717) is 22.7 Å². The van der Waals surface area contributed by atoms with Crippen molar-refractivity contribution in [1.82, 2.24) is 19.9 Å². The quantitative estimate of drug-likeness (QED) is 0.477. The number of fused-ring (bicyclic) bond motifs is 1. The van der Waals surface area contributed by atoms with Gasteiger partial charge in [-0.05, 0) is 25.5 Å². The lowest BCUT2D eigenvalue weighted by molar-refractivity contribution is -0.119. The molecule has 2 aromatic heterocycles. The van der Waals surface area contributed by atoms with Crippen LogP contribution in [0.1, 0.15) is 20.3 Å². The summed E-state index contributed by atoms with van der Waals surface area (Å²) >= 11 is 1.23. The van der Waals surface area contributed by atoms with Crippen molar-refractivity contribution < 1.29 is 4.79 Å². The first kappa shape index (κ1) is 17.2. The zero-order chi connectivity index (χ0) is 16.8. The Labute approximate surface area is 139 Å². The highest BCUT2D eigenvalue weighted by Gasteiger charge is 2.13. The molecule has 0 saturated carbocycles. The smallest absolute Gasteiger partial charge is 0.263 e. The predicted octanol–water partition coefficient (Wildman–Crippen LogP) is 1.98. The van der Waals surface area contributed by atoms with Gasteiger partial charge in [-0.1, -0.05) is 24.8 Å². The summed E-state index contributed by atoms with van der Waals surface area (Å²) in [4.78, 5) is 33.0. The fourth-order valence-electron chi connectivity index (χ4n) is 1.99. The van der Waals surface area contributed by atoms with Crippen molar-refractivity contribution in [1.29, 1.82) is 0 Å². The van der Waals surface area contributed by atoms with Crippen molar-refractivity contribution >= 4 is 28.7 Å². The third kappa shape index (κ3) is 4.19. The molecule has 0 unspecified atom stereocenters. The van der Waals surface area contributed by atoms with Crippen molar-refractivity contribution in [3.63, 3.8) is 0 Å². The third-order valence-electron chi connectivity index (χ3n) is 3.36. The van der Waals surface area contributed by atoms with Gasteiger partial charge >= 0.3 is 0 Å². The Hall–Kier alpha value is -2.15. The molecule has 0 saturated heterocycles. The van der Waals surface area contributed by atoms with Gasteiger partial charge in [0.15, 0.2) is 10.8 Å². The van der Waals surface area contributed by atoms with Gasteiger partial charge in [-0.15, -0.1) is 6.58 Å². The molecule has 1 amide bonds. The largest absolute Gasteiger partial charge is 0.353 e. The number of hydrogen-bond donors (Lipinski definition) is 1. The third-order valence-corrected chi connectivity index (χ3v) is 4.33. The first-order valence-corrected chi connectivity index (χ1v) is 8.44. The topological polar surface area (TPSA) is 76.9 Å². The lowest BCUT2D eigenvalue weighted by atomic mass is 10.3. The lowest BCUT2D eigenvalue weighted by Gasteiger charge is -2.13. The van der Waals surface area contributed by atoms with E-state index in [4.69, 9.17) is 0 Å². The summed E-state index contributed by atoms with van der Waals surface area (Å²) in [6.45, 7) is 7.97. The summed E-state index contributed by atoms with van der Waals surface area (Å²) in [7, 11) is 0. The molecule has 0 fully saturated rings. The van der Waals surface area contributed by atoms with Gasteiger partial charge in [0.05, 0.1) is 11.1 Å². The van der Waals surface area contributed by atoms with Crippen LogP contribution in [0.4, 0.5) is 0 Å². The molecule has 6 nitrogen and oxygen atoms in total. The number of thioether (sulfide) groups is 1. The highest BCUT2D eigenvalue weighted by atomic mass is 32.2. The van der Waals surface area contributed by atoms with E-state index < -0.39 is 0 Å². The first-order chi connectivity index (χ1) is 11.1. The monoisotopic (exact) mass is 332 g/mol. The second-order valence-corrected chi connectivity index (χ2v) is 6.08. The molecular formula is C16H20N4O2S. The maximum atomic E-state index is 12.5. The summed E-state index contributed by atoms with van der Waals surface area (Å²) < 4.78 is 1.51. The van der Waals surface area contributed by atoms with Crippen LogP contribution in [0.15, 0.2) is 40.9 Å². The highest BCUT2D eigenvalue weighted by Crippen LogP contribution is 2.16. The highest BCUT2D eigenvalue weighted by molar-refractivity contribution is 7.99. The van der Waals surface area contributed by atoms with E-state index in [9.17, 15) is 9.59 Å².